The smallest absolute Gasteiger partial charge is 0.0620 e. The Morgan fingerprint density at radius 3 is 2.06 bits per heavy atom. The molecule has 0 saturated carbocycles. The molecule has 88 valence electrons. The van der Waals surface area contributed by atoms with Crippen molar-refractivity contribution in [3.8, 4) is 0 Å². The second-order valence-corrected chi connectivity index (χ2v) is 4.48. The largest absolute Gasteiger partial charge is 0.392 e. The molecule has 3 heteroatoms. The zero-order valence-corrected chi connectivity index (χ0v) is 10.1. The van der Waals surface area contributed by atoms with Gasteiger partial charge in [0.15, 0.2) is 0 Å². The third kappa shape index (κ3) is 3.84. The maximum absolute atomic E-state index is 9.97. The normalized spacial score (nSPS) is 12.4. The van der Waals surface area contributed by atoms with Gasteiger partial charge in [-0.05, 0) is 48.2 Å². The topological polar surface area (TPSA) is 33.1 Å². The van der Waals surface area contributed by atoms with Gasteiger partial charge in [0.1, 0.15) is 0 Å². The van der Waals surface area contributed by atoms with Crippen LogP contribution in [0.2, 0.25) is 5.02 Å². The van der Waals surface area contributed by atoms with E-state index in [2.05, 4.69) is 4.98 Å². The van der Waals surface area contributed by atoms with Gasteiger partial charge in [0.2, 0.25) is 0 Å². The third-order valence-corrected chi connectivity index (χ3v) is 2.86. The van der Waals surface area contributed by atoms with E-state index in [9.17, 15) is 5.11 Å². The maximum atomic E-state index is 9.97. The average molecular weight is 248 g/mol. The second-order valence-electron chi connectivity index (χ2n) is 4.04. The molecule has 0 amide bonds. The zero-order valence-electron chi connectivity index (χ0n) is 9.38. The van der Waals surface area contributed by atoms with Crippen LogP contribution in [-0.4, -0.2) is 16.2 Å². The molecule has 0 fully saturated rings. The number of hydrogen-bond acceptors (Lipinski definition) is 2. The molecule has 0 radical (unpaired) electrons. The van der Waals surface area contributed by atoms with Gasteiger partial charge in [-0.2, -0.15) is 0 Å². The van der Waals surface area contributed by atoms with Gasteiger partial charge in [-0.25, -0.2) is 0 Å². The molecule has 1 aromatic heterocycles. The van der Waals surface area contributed by atoms with E-state index in [0.717, 1.165) is 16.1 Å². The summed E-state index contributed by atoms with van der Waals surface area (Å²) in [5.74, 6) is 0. The van der Waals surface area contributed by atoms with Crippen molar-refractivity contribution in [3.05, 3.63) is 64.9 Å². The molecule has 0 aliphatic rings. The van der Waals surface area contributed by atoms with E-state index < -0.39 is 0 Å². The summed E-state index contributed by atoms with van der Waals surface area (Å²) in [4.78, 5) is 3.95. The van der Waals surface area contributed by atoms with Crippen molar-refractivity contribution in [3.63, 3.8) is 0 Å². The lowest BCUT2D eigenvalue weighted by Crippen LogP contribution is -2.13. The summed E-state index contributed by atoms with van der Waals surface area (Å²) in [6, 6.07) is 11.4. The first-order chi connectivity index (χ1) is 8.24. The molecule has 2 aromatic rings. The minimum Gasteiger partial charge on any atom is -0.392 e. The van der Waals surface area contributed by atoms with E-state index in [1.807, 2.05) is 36.4 Å². The highest BCUT2D eigenvalue weighted by atomic mass is 35.5. The summed E-state index contributed by atoms with van der Waals surface area (Å²) in [5.41, 5.74) is 2.19. The summed E-state index contributed by atoms with van der Waals surface area (Å²) in [6.07, 6.45) is 4.39. The van der Waals surface area contributed by atoms with Crippen LogP contribution in [0.4, 0.5) is 0 Å². The summed E-state index contributed by atoms with van der Waals surface area (Å²) in [5, 5.41) is 10.7. The lowest BCUT2D eigenvalue weighted by atomic mass is 10.0. The van der Waals surface area contributed by atoms with Crippen molar-refractivity contribution >= 4 is 11.6 Å². The van der Waals surface area contributed by atoms with E-state index in [1.54, 1.807) is 12.4 Å². The van der Waals surface area contributed by atoms with Gasteiger partial charge in [0.05, 0.1) is 6.10 Å². The molecule has 0 aliphatic heterocycles. The fraction of sp³-hybridized carbons (Fsp3) is 0.214. The van der Waals surface area contributed by atoms with Crippen LogP contribution in [-0.2, 0) is 12.8 Å². The Hall–Kier alpha value is -1.38. The Balaban J connectivity index is 1.93. The minimum atomic E-state index is -0.376. The Labute approximate surface area is 106 Å². The molecule has 1 atom stereocenters. The summed E-state index contributed by atoms with van der Waals surface area (Å²) >= 11 is 5.81. The van der Waals surface area contributed by atoms with Gasteiger partial charge in [-0.3, -0.25) is 4.98 Å². The molecule has 1 aromatic carbocycles. The lowest BCUT2D eigenvalue weighted by molar-refractivity contribution is 0.175. The van der Waals surface area contributed by atoms with Crippen LogP contribution in [0.25, 0.3) is 0 Å². The highest BCUT2D eigenvalue weighted by molar-refractivity contribution is 6.30. The number of aliphatic hydroxyl groups excluding tert-OH is 1. The molecule has 0 saturated heterocycles. The highest BCUT2D eigenvalue weighted by Gasteiger charge is 2.06. The van der Waals surface area contributed by atoms with Crippen LogP contribution in [0.3, 0.4) is 0 Å². The molecular weight excluding hydrogens is 234 g/mol. The van der Waals surface area contributed by atoms with E-state index in [4.69, 9.17) is 11.6 Å². The first kappa shape index (κ1) is 12.1. The van der Waals surface area contributed by atoms with E-state index in [1.165, 1.54) is 0 Å². The van der Waals surface area contributed by atoms with Gasteiger partial charge in [0, 0.05) is 17.4 Å². The summed E-state index contributed by atoms with van der Waals surface area (Å²) in [7, 11) is 0. The quantitative estimate of drug-likeness (QED) is 0.901. The van der Waals surface area contributed by atoms with Crippen molar-refractivity contribution in [2.45, 2.75) is 18.9 Å². The standard InChI is InChI=1S/C14H14ClNO/c15-13-3-1-11(2-4-13)9-14(17)10-12-5-7-16-8-6-12/h1-8,14,17H,9-10H2. The third-order valence-electron chi connectivity index (χ3n) is 2.61. The predicted molar refractivity (Wildman–Crippen MR) is 69.1 cm³/mol. The molecular formula is C14H14ClNO. The van der Waals surface area contributed by atoms with Gasteiger partial charge in [-0.15, -0.1) is 0 Å². The Kier molecular flexibility index (Phi) is 4.13. The highest BCUT2D eigenvalue weighted by Crippen LogP contribution is 2.12. The average Bonchev–Trinajstić information content (AvgIpc) is 2.33. The van der Waals surface area contributed by atoms with Gasteiger partial charge in [0.25, 0.3) is 0 Å². The predicted octanol–water partition coefficient (Wildman–Crippen LogP) is 2.88. The van der Waals surface area contributed by atoms with Crippen molar-refractivity contribution < 1.29 is 5.11 Å². The summed E-state index contributed by atoms with van der Waals surface area (Å²) < 4.78 is 0. The van der Waals surface area contributed by atoms with Crippen molar-refractivity contribution in [1.82, 2.24) is 4.98 Å². The first-order valence-corrected chi connectivity index (χ1v) is 5.93. The van der Waals surface area contributed by atoms with Crippen molar-refractivity contribution in [2.24, 2.45) is 0 Å². The molecule has 0 aliphatic carbocycles. The Morgan fingerprint density at radius 2 is 1.47 bits per heavy atom. The van der Waals surface area contributed by atoms with Crippen LogP contribution in [0.1, 0.15) is 11.1 Å². The van der Waals surface area contributed by atoms with Gasteiger partial charge >= 0.3 is 0 Å². The molecule has 0 spiro atoms. The number of hydrogen-bond donors (Lipinski definition) is 1. The monoisotopic (exact) mass is 247 g/mol. The van der Waals surface area contributed by atoms with Crippen molar-refractivity contribution in [1.29, 1.82) is 0 Å². The van der Waals surface area contributed by atoms with Gasteiger partial charge in [-0.1, -0.05) is 23.7 Å². The van der Waals surface area contributed by atoms with Crippen LogP contribution < -0.4 is 0 Å². The van der Waals surface area contributed by atoms with Crippen LogP contribution in [0.15, 0.2) is 48.8 Å². The molecule has 2 nitrogen and oxygen atoms in total. The molecule has 2 rings (SSSR count). The van der Waals surface area contributed by atoms with Crippen LogP contribution in [0, 0.1) is 0 Å². The Morgan fingerprint density at radius 1 is 0.941 bits per heavy atom. The minimum absolute atomic E-state index is 0.376. The van der Waals surface area contributed by atoms with Gasteiger partial charge < -0.3 is 5.11 Å². The number of benzene rings is 1. The summed E-state index contributed by atoms with van der Waals surface area (Å²) in [6.45, 7) is 0. The number of halogens is 1. The second kappa shape index (κ2) is 5.80. The zero-order chi connectivity index (χ0) is 12.1. The number of pyridine rings is 1. The van der Waals surface area contributed by atoms with Crippen molar-refractivity contribution in [2.75, 3.05) is 0 Å². The number of aliphatic hydroxyl groups is 1. The van der Waals surface area contributed by atoms with E-state index in [0.29, 0.717) is 12.8 Å². The fourth-order valence-corrected chi connectivity index (χ4v) is 1.88. The maximum Gasteiger partial charge on any atom is 0.0620 e. The fourth-order valence-electron chi connectivity index (χ4n) is 1.76. The molecule has 1 N–H and O–H groups in total. The number of aromatic nitrogens is 1. The van der Waals surface area contributed by atoms with E-state index in [-0.39, 0.29) is 6.10 Å². The van der Waals surface area contributed by atoms with Crippen LogP contribution >= 0.6 is 11.6 Å². The lowest BCUT2D eigenvalue weighted by Gasteiger charge is -2.10. The number of nitrogens with zero attached hydrogens (tertiary/aromatic N) is 1. The molecule has 17 heavy (non-hydrogen) atoms. The van der Waals surface area contributed by atoms with Crippen LogP contribution in [0.5, 0.6) is 0 Å². The SMILES string of the molecule is OC(Cc1ccncc1)Cc1ccc(Cl)cc1. The molecule has 0 bridgehead atoms. The molecule has 1 unspecified atom stereocenters. The molecule has 1 heterocycles. The first-order valence-electron chi connectivity index (χ1n) is 5.55. The number of rotatable bonds is 4. The Bertz CT molecular complexity index is 455. The van der Waals surface area contributed by atoms with E-state index >= 15 is 0 Å².